The Balaban J connectivity index is 2.10. The molecule has 0 aliphatic heterocycles. The minimum absolute atomic E-state index is 0.478. The largest absolute Gasteiger partial charge is 0.399 e. The SMILES string of the molecule is Cc1cc(N)cc(-c2nnnn2C2CC2)c1. The molecule has 2 N–H and O–H groups in total. The molecule has 0 bridgehead atoms. The van der Waals surface area contributed by atoms with Gasteiger partial charge in [0.05, 0.1) is 6.04 Å². The van der Waals surface area contributed by atoms with E-state index in [9.17, 15) is 0 Å². The van der Waals surface area contributed by atoms with Crippen LogP contribution < -0.4 is 5.73 Å². The number of benzene rings is 1. The number of hydrogen-bond acceptors (Lipinski definition) is 4. The highest BCUT2D eigenvalue weighted by Gasteiger charge is 2.28. The first-order valence-corrected chi connectivity index (χ1v) is 5.39. The Hall–Kier alpha value is -1.91. The van der Waals surface area contributed by atoms with E-state index in [4.69, 9.17) is 5.73 Å². The Kier molecular flexibility index (Phi) is 1.92. The van der Waals surface area contributed by atoms with Crippen LogP contribution in [0.25, 0.3) is 11.4 Å². The summed E-state index contributed by atoms with van der Waals surface area (Å²) in [5.74, 6) is 0.818. The Labute approximate surface area is 93.3 Å². The zero-order chi connectivity index (χ0) is 11.1. The van der Waals surface area contributed by atoms with Gasteiger partial charge in [0, 0.05) is 11.3 Å². The number of aromatic nitrogens is 4. The van der Waals surface area contributed by atoms with E-state index < -0.39 is 0 Å². The van der Waals surface area contributed by atoms with Crippen molar-refractivity contribution in [2.75, 3.05) is 5.73 Å². The van der Waals surface area contributed by atoms with Gasteiger partial charge in [0.1, 0.15) is 0 Å². The number of nitrogens with zero attached hydrogens (tertiary/aromatic N) is 4. The maximum absolute atomic E-state index is 5.83. The number of nitrogens with two attached hydrogens (primary N) is 1. The van der Waals surface area contributed by atoms with Gasteiger partial charge in [0.15, 0.2) is 5.82 Å². The first-order chi connectivity index (χ1) is 7.74. The van der Waals surface area contributed by atoms with Crippen molar-refractivity contribution in [2.45, 2.75) is 25.8 Å². The Bertz CT molecular complexity index is 507. The summed E-state index contributed by atoms with van der Waals surface area (Å²) in [6.45, 7) is 2.02. The van der Waals surface area contributed by atoms with E-state index in [1.165, 1.54) is 12.8 Å². The number of rotatable bonds is 2. The second-order valence-electron chi connectivity index (χ2n) is 4.31. The van der Waals surface area contributed by atoms with Gasteiger partial charge in [0.25, 0.3) is 0 Å². The van der Waals surface area contributed by atoms with Crippen LogP contribution in [-0.4, -0.2) is 20.2 Å². The number of anilines is 1. The molecular formula is C11H13N5. The summed E-state index contributed by atoms with van der Waals surface area (Å²) < 4.78 is 1.90. The first kappa shape index (κ1) is 9.33. The molecular weight excluding hydrogens is 202 g/mol. The van der Waals surface area contributed by atoms with Crippen LogP contribution in [0, 0.1) is 6.92 Å². The molecule has 82 valence electrons. The Morgan fingerprint density at radius 2 is 2.12 bits per heavy atom. The standard InChI is InChI=1S/C11H13N5/c1-7-4-8(6-9(12)5-7)11-13-14-15-16(11)10-2-3-10/h4-6,10H,2-3,12H2,1H3. The van der Waals surface area contributed by atoms with E-state index in [-0.39, 0.29) is 0 Å². The quantitative estimate of drug-likeness (QED) is 0.772. The molecule has 16 heavy (non-hydrogen) atoms. The number of tetrazole rings is 1. The van der Waals surface area contributed by atoms with Crippen LogP contribution >= 0.6 is 0 Å². The molecule has 1 saturated carbocycles. The normalized spacial score (nSPS) is 15.3. The third kappa shape index (κ3) is 1.54. The van der Waals surface area contributed by atoms with Gasteiger partial charge >= 0.3 is 0 Å². The van der Waals surface area contributed by atoms with Crippen LogP contribution in [0.15, 0.2) is 18.2 Å². The predicted molar refractivity (Wildman–Crippen MR) is 60.7 cm³/mol. The van der Waals surface area contributed by atoms with Crippen LogP contribution in [-0.2, 0) is 0 Å². The van der Waals surface area contributed by atoms with Crippen molar-refractivity contribution >= 4 is 5.69 Å². The fourth-order valence-electron chi connectivity index (χ4n) is 1.89. The maximum Gasteiger partial charge on any atom is 0.182 e. The lowest BCUT2D eigenvalue weighted by molar-refractivity contribution is 0.615. The smallest absolute Gasteiger partial charge is 0.182 e. The van der Waals surface area contributed by atoms with Gasteiger partial charge in [0.2, 0.25) is 0 Å². The molecule has 1 fully saturated rings. The van der Waals surface area contributed by atoms with Gasteiger partial charge in [-0.05, 0) is 54.0 Å². The lowest BCUT2D eigenvalue weighted by Crippen LogP contribution is -2.00. The summed E-state index contributed by atoms with van der Waals surface area (Å²) in [7, 11) is 0. The third-order valence-electron chi connectivity index (χ3n) is 2.74. The molecule has 1 aliphatic rings. The topological polar surface area (TPSA) is 69.6 Å². The molecule has 0 radical (unpaired) electrons. The van der Waals surface area contributed by atoms with Gasteiger partial charge < -0.3 is 5.73 Å². The monoisotopic (exact) mass is 215 g/mol. The molecule has 0 atom stereocenters. The fraction of sp³-hybridized carbons (Fsp3) is 0.364. The molecule has 5 heteroatoms. The van der Waals surface area contributed by atoms with Crippen LogP contribution in [0.4, 0.5) is 5.69 Å². The van der Waals surface area contributed by atoms with Crippen molar-refractivity contribution in [3.05, 3.63) is 23.8 Å². The van der Waals surface area contributed by atoms with E-state index in [0.29, 0.717) is 6.04 Å². The Morgan fingerprint density at radius 1 is 1.31 bits per heavy atom. The number of hydrogen-bond donors (Lipinski definition) is 1. The maximum atomic E-state index is 5.83. The van der Waals surface area contributed by atoms with E-state index in [2.05, 4.69) is 21.6 Å². The highest BCUT2D eigenvalue weighted by atomic mass is 15.6. The Morgan fingerprint density at radius 3 is 2.81 bits per heavy atom. The second kappa shape index (κ2) is 3.30. The summed E-state index contributed by atoms with van der Waals surface area (Å²) in [5, 5.41) is 11.8. The van der Waals surface area contributed by atoms with Crippen molar-refractivity contribution in [1.29, 1.82) is 0 Å². The van der Waals surface area contributed by atoms with E-state index >= 15 is 0 Å². The van der Waals surface area contributed by atoms with Gasteiger partial charge in [-0.3, -0.25) is 0 Å². The zero-order valence-corrected chi connectivity index (χ0v) is 9.09. The molecule has 1 aromatic heterocycles. The summed E-state index contributed by atoms with van der Waals surface area (Å²) in [6.07, 6.45) is 2.33. The van der Waals surface area contributed by atoms with Crippen molar-refractivity contribution in [3.8, 4) is 11.4 Å². The summed E-state index contributed by atoms with van der Waals surface area (Å²) in [6, 6.07) is 6.39. The van der Waals surface area contributed by atoms with Gasteiger partial charge in [-0.1, -0.05) is 0 Å². The molecule has 5 nitrogen and oxygen atoms in total. The number of nitrogen functional groups attached to an aromatic ring is 1. The van der Waals surface area contributed by atoms with Crippen LogP contribution in [0.3, 0.4) is 0 Å². The summed E-state index contributed by atoms with van der Waals surface area (Å²) >= 11 is 0. The van der Waals surface area contributed by atoms with E-state index in [1.807, 2.05) is 23.7 Å². The van der Waals surface area contributed by atoms with Crippen LogP contribution in [0.5, 0.6) is 0 Å². The number of aryl methyl sites for hydroxylation is 1. The highest BCUT2D eigenvalue weighted by molar-refractivity contribution is 5.62. The lowest BCUT2D eigenvalue weighted by atomic mass is 10.1. The minimum atomic E-state index is 0.478. The van der Waals surface area contributed by atoms with E-state index in [0.717, 1.165) is 22.6 Å². The molecule has 0 saturated heterocycles. The third-order valence-corrected chi connectivity index (χ3v) is 2.74. The minimum Gasteiger partial charge on any atom is -0.399 e. The predicted octanol–water partition coefficient (Wildman–Crippen LogP) is 1.57. The van der Waals surface area contributed by atoms with Crippen molar-refractivity contribution < 1.29 is 0 Å². The molecule has 0 unspecified atom stereocenters. The average molecular weight is 215 g/mol. The van der Waals surface area contributed by atoms with E-state index in [1.54, 1.807) is 0 Å². The molecule has 1 aromatic carbocycles. The van der Waals surface area contributed by atoms with Gasteiger partial charge in [-0.25, -0.2) is 4.68 Å². The first-order valence-electron chi connectivity index (χ1n) is 5.39. The average Bonchev–Trinajstić information content (AvgIpc) is 2.94. The zero-order valence-electron chi connectivity index (χ0n) is 9.09. The van der Waals surface area contributed by atoms with Crippen molar-refractivity contribution in [3.63, 3.8) is 0 Å². The summed E-state index contributed by atoms with van der Waals surface area (Å²) in [4.78, 5) is 0. The summed E-state index contributed by atoms with van der Waals surface area (Å²) in [5.41, 5.74) is 8.70. The van der Waals surface area contributed by atoms with Crippen molar-refractivity contribution in [1.82, 2.24) is 20.2 Å². The van der Waals surface area contributed by atoms with Gasteiger partial charge in [-0.15, -0.1) is 5.10 Å². The fourth-order valence-corrected chi connectivity index (χ4v) is 1.89. The molecule has 0 spiro atoms. The van der Waals surface area contributed by atoms with Gasteiger partial charge in [-0.2, -0.15) is 0 Å². The van der Waals surface area contributed by atoms with Crippen molar-refractivity contribution in [2.24, 2.45) is 0 Å². The highest BCUT2D eigenvalue weighted by Crippen LogP contribution is 2.36. The van der Waals surface area contributed by atoms with Crippen LogP contribution in [0.1, 0.15) is 24.4 Å². The molecule has 2 aromatic rings. The lowest BCUT2D eigenvalue weighted by Gasteiger charge is -2.04. The second-order valence-corrected chi connectivity index (χ2v) is 4.31. The molecule has 0 amide bonds. The molecule has 3 rings (SSSR count). The molecule has 1 aliphatic carbocycles. The van der Waals surface area contributed by atoms with Crippen LogP contribution in [0.2, 0.25) is 0 Å². The molecule has 1 heterocycles.